The Morgan fingerprint density at radius 1 is 1.28 bits per heavy atom. The van der Waals surface area contributed by atoms with E-state index in [1.165, 1.54) is 11.3 Å². The lowest BCUT2D eigenvalue weighted by Gasteiger charge is -2.04. The van der Waals surface area contributed by atoms with Crippen LogP contribution < -0.4 is 5.32 Å². The number of aromatic nitrogens is 4. The first-order valence-electron chi connectivity index (χ1n) is 7.77. The standard InChI is InChI=1S/C18H15N5OS/c1-23-11-13(10-21-23)15-8-12(6-7-19-15)9-20-17(24)18-22-14-4-2-3-5-16(14)25-18/h2-8,10-11H,9H2,1H3,(H,20,24). The molecule has 0 spiro atoms. The van der Waals surface area contributed by atoms with Gasteiger partial charge in [0.15, 0.2) is 5.01 Å². The number of amides is 1. The zero-order valence-electron chi connectivity index (χ0n) is 13.5. The van der Waals surface area contributed by atoms with Crippen LogP contribution >= 0.6 is 11.3 Å². The minimum absolute atomic E-state index is 0.166. The van der Waals surface area contributed by atoms with E-state index in [4.69, 9.17) is 0 Å². The summed E-state index contributed by atoms with van der Waals surface area (Å²) in [5, 5.41) is 7.55. The second-order valence-electron chi connectivity index (χ2n) is 5.62. The van der Waals surface area contributed by atoms with Crippen molar-refractivity contribution in [2.45, 2.75) is 6.54 Å². The first kappa shape index (κ1) is 15.5. The number of fused-ring (bicyclic) bond motifs is 1. The Morgan fingerprint density at radius 3 is 2.96 bits per heavy atom. The summed E-state index contributed by atoms with van der Waals surface area (Å²) < 4.78 is 2.74. The van der Waals surface area contributed by atoms with Crippen molar-refractivity contribution < 1.29 is 4.79 Å². The summed E-state index contributed by atoms with van der Waals surface area (Å²) in [6.07, 6.45) is 5.42. The fourth-order valence-electron chi connectivity index (χ4n) is 2.52. The molecule has 0 radical (unpaired) electrons. The third kappa shape index (κ3) is 3.27. The van der Waals surface area contributed by atoms with Gasteiger partial charge in [-0.25, -0.2) is 4.98 Å². The summed E-state index contributed by atoms with van der Waals surface area (Å²) in [4.78, 5) is 21.1. The summed E-state index contributed by atoms with van der Waals surface area (Å²) in [6.45, 7) is 0.421. The van der Waals surface area contributed by atoms with E-state index in [-0.39, 0.29) is 5.91 Å². The Balaban J connectivity index is 1.48. The zero-order valence-corrected chi connectivity index (χ0v) is 14.3. The number of para-hydroxylation sites is 1. The molecule has 3 heterocycles. The van der Waals surface area contributed by atoms with Crippen LogP contribution in [0, 0.1) is 0 Å². The van der Waals surface area contributed by atoms with Crippen molar-refractivity contribution in [3.63, 3.8) is 0 Å². The molecule has 6 nitrogen and oxygen atoms in total. The SMILES string of the molecule is Cn1cc(-c2cc(CNC(=O)c3nc4ccccc4s3)ccn2)cn1. The van der Waals surface area contributed by atoms with Gasteiger partial charge in [0.05, 0.1) is 22.1 Å². The van der Waals surface area contributed by atoms with Crippen LogP contribution in [0.15, 0.2) is 55.0 Å². The van der Waals surface area contributed by atoms with E-state index in [2.05, 4.69) is 20.4 Å². The lowest BCUT2D eigenvalue weighted by Crippen LogP contribution is -2.22. The number of nitrogens with one attached hydrogen (secondary N) is 1. The predicted molar refractivity (Wildman–Crippen MR) is 97.2 cm³/mol. The fourth-order valence-corrected chi connectivity index (χ4v) is 3.40. The molecule has 0 unspecified atom stereocenters. The van der Waals surface area contributed by atoms with Crippen LogP contribution in [0.5, 0.6) is 0 Å². The molecule has 0 saturated heterocycles. The van der Waals surface area contributed by atoms with Crippen molar-refractivity contribution in [1.29, 1.82) is 0 Å². The van der Waals surface area contributed by atoms with E-state index in [9.17, 15) is 4.79 Å². The highest BCUT2D eigenvalue weighted by Crippen LogP contribution is 2.21. The van der Waals surface area contributed by atoms with Crippen LogP contribution in [0.4, 0.5) is 0 Å². The van der Waals surface area contributed by atoms with Gasteiger partial charge in [-0.15, -0.1) is 11.3 Å². The minimum atomic E-state index is -0.166. The van der Waals surface area contributed by atoms with Gasteiger partial charge in [0.25, 0.3) is 5.91 Å². The fraction of sp³-hybridized carbons (Fsp3) is 0.111. The van der Waals surface area contributed by atoms with Crippen LogP contribution in [-0.4, -0.2) is 25.7 Å². The molecule has 124 valence electrons. The predicted octanol–water partition coefficient (Wildman–Crippen LogP) is 3.02. The number of hydrogen-bond donors (Lipinski definition) is 1. The topological polar surface area (TPSA) is 72.7 Å². The van der Waals surface area contributed by atoms with E-state index < -0.39 is 0 Å². The van der Waals surface area contributed by atoms with Crippen molar-refractivity contribution in [3.05, 3.63) is 65.6 Å². The number of benzene rings is 1. The summed E-state index contributed by atoms with van der Waals surface area (Å²) in [5.74, 6) is -0.166. The lowest BCUT2D eigenvalue weighted by atomic mass is 10.1. The Hall–Kier alpha value is -3.06. The molecule has 0 aliphatic rings. The molecule has 1 amide bonds. The van der Waals surface area contributed by atoms with Crippen LogP contribution in [0.3, 0.4) is 0 Å². The minimum Gasteiger partial charge on any atom is -0.346 e. The highest BCUT2D eigenvalue weighted by molar-refractivity contribution is 7.20. The quantitative estimate of drug-likeness (QED) is 0.615. The molecule has 0 fully saturated rings. The molecule has 0 aliphatic heterocycles. The number of thiazole rings is 1. The maximum absolute atomic E-state index is 12.4. The van der Waals surface area contributed by atoms with Crippen molar-refractivity contribution in [2.75, 3.05) is 0 Å². The monoisotopic (exact) mass is 349 g/mol. The molecule has 4 aromatic rings. The maximum Gasteiger partial charge on any atom is 0.280 e. The highest BCUT2D eigenvalue weighted by atomic mass is 32.1. The third-order valence-electron chi connectivity index (χ3n) is 3.77. The molecule has 7 heteroatoms. The number of nitrogens with zero attached hydrogens (tertiary/aromatic N) is 4. The normalized spacial score (nSPS) is 10.9. The third-order valence-corrected chi connectivity index (χ3v) is 4.80. The van der Waals surface area contributed by atoms with Gasteiger partial charge in [-0.05, 0) is 29.8 Å². The van der Waals surface area contributed by atoms with Crippen LogP contribution in [0.25, 0.3) is 21.5 Å². The Labute approximate surface area is 148 Å². The molecule has 4 rings (SSSR count). The molecule has 0 aliphatic carbocycles. The molecule has 3 aromatic heterocycles. The van der Waals surface area contributed by atoms with Crippen molar-refractivity contribution in [2.24, 2.45) is 7.05 Å². The molecule has 0 atom stereocenters. The van der Waals surface area contributed by atoms with Crippen LogP contribution in [-0.2, 0) is 13.6 Å². The summed E-state index contributed by atoms with van der Waals surface area (Å²) in [6, 6.07) is 11.6. The molecule has 0 bridgehead atoms. The summed E-state index contributed by atoms with van der Waals surface area (Å²) in [5.41, 5.74) is 3.60. The molecular weight excluding hydrogens is 334 g/mol. The number of hydrogen-bond acceptors (Lipinski definition) is 5. The van der Waals surface area contributed by atoms with E-state index in [1.54, 1.807) is 17.1 Å². The molecule has 25 heavy (non-hydrogen) atoms. The van der Waals surface area contributed by atoms with Crippen molar-refractivity contribution in [1.82, 2.24) is 25.1 Å². The molecule has 0 saturated carbocycles. The largest absolute Gasteiger partial charge is 0.346 e. The van der Waals surface area contributed by atoms with Crippen LogP contribution in [0.2, 0.25) is 0 Å². The maximum atomic E-state index is 12.4. The first-order chi connectivity index (χ1) is 12.2. The van der Waals surface area contributed by atoms with Gasteiger partial charge >= 0.3 is 0 Å². The van der Waals surface area contributed by atoms with Gasteiger partial charge in [0.2, 0.25) is 0 Å². The Kier molecular flexibility index (Phi) is 3.99. The van der Waals surface area contributed by atoms with E-state index in [1.807, 2.05) is 49.6 Å². The van der Waals surface area contributed by atoms with Gasteiger partial charge in [-0.1, -0.05) is 12.1 Å². The average molecular weight is 349 g/mol. The number of rotatable bonds is 4. The second-order valence-corrected chi connectivity index (χ2v) is 6.65. The number of aryl methyl sites for hydroxylation is 1. The van der Waals surface area contributed by atoms with Crippen molar-refractivity contribution in [3.8, 4) is 11.3 Å². The van der Waals surface area contributed by atoms with Gasteiger partial charge in [-0.2, -0.15) is 5.10 Å². The van der Waals surface area contributed by atoms with Gasteiger partial charge in [-0.3, -0.25) is 14.5 Å². The molecule has 1 N–H and O–H groups in total. The van der Waals surface area contributed by atoms with Gasteiger partial charge < -0.3 is 5.32 Å². The number of carbonyl (C=O) groups excluding carboxylic acids is 1. The summed E-state index contributed by atoms with van der Waals surface area (Å²) in [7, 11) is 1.87. The number of carbonyl (C=O) groups is 1. The van der Waals surface area contributed by atoms with Gasteiger partial charge in [0, 0.05) is 31.5 Å². The smallest absolute Gasteiger partial charge is 0.280 e. The van der Waals surface area contributed by atoms with Crippen molar-refractivity contribution >= 4 is 27.5 Å². The summed E-state index contributed by atoms with van der Waals surface area (Å²) >= 11 is 1.40. The molecular formula is C18H15N5OS. The van der Waals surface area contributed by atoms with E-state index in [0.717, 1.165) is 27.0 Å². The number of pyridine rings is 1. The Bertz CT molecular complexity index is 1020. The van der Waals surface area contributed by atoms with Crippen LogP contribution in [0.1, 0.15) is 15.4 Å². The average Bonchev–Trinajstić information content (AvgIpc) is 3.26. The lowest BCUT2D eigenvalue weighted by molar-refractivity contribution is 0.0950. The van der Waals surface area contributed by atoms with Gasteiger partial charge in [0.1, 0.15) is 0 Å². The zero-order chi connectivity index (χ0) is 17.2. The van der Waals surface area contributed by atoms with E-state index >= 15 is 0 Å². The Morgan fingerprint density at radius 2 is 2.16 bits per heavy atom. The first-order valence-corrected chi connectivity index (χ1v) is 8.58. The second kappa shape index (κ2) is 6.45. The molecule has 1 aromatic carbocycles. The van der Waals surface area contributed by atoms with E-state index in [0.29, 0.717) is 11.6 Å². The highest BCUT2D eigenvalue weighted by Gasteiger charge is 2.12.